The number of carboxylic acids is 1. The molecule has 2 bridgehead atoms. The molecule has 39 heavy (non-hydrogen) atoms. The molecular weight excluding hydrogens is 496 g/mol. The lowest BCUT2D eigenvalue weighted by molar-refractivity contribution is -0.138. The highest BCUT2D eigenvalue weighted by atomic mass is 16.4. The highest BCUT2D eigenvalue weighted by molar-refractivity contribution is 5.77. The van der Waals surface area contributed by atoms with Crippen molar-refractivity contribution in [2.24, 2.45) is 5.73 Å². The molecule has 2 unspecified atom stereocenters. The van der Waals surface area contributed by atoms with E-state index in [4.69, 9.17) is 10.8 Å². The van der Waals surface area contributed by atoms with Gasteiger partial charge in [-0.2, -0.15) is 0 Å². The van der Waals surface area contributed by atoms with Gasteiger partial charge in [-0.25, -0.2) is 4.98 Å². The Hall–Kier alpha value is -2.98. The maximum absolute atomic E-state index is 13.9. The number of hydrogen-bond acceptors (Lipinski definition) is 7. The summed E-state index contributed by atoms with van der Waals surface area (Å²) in [4.78, 5) is 45.3. The molecule has 1 aromatic heterocycles. The second-order valence-electron chi connectivity index (χ2n) is 11.6. The zero-order valence-electron chi connectivity index (χ0n) is 22.8. The van der Waals surface area contributed by atoms with Gasteiger partial charge in [-0.1, -0.05) is 44.2 Å². The number of carboxylic acid groups (broad SMARTS) is 1. The summed E-state index contributed by atoms with van der Waals surface area (Å²) in [5.74, 6) is -1.37. The number of rotatable bonds is 10. The highest BCUT2D eigenvalue weighted by Gasteiger charge is 2.44. The molecule has 5 rings (SSSR count). The molecule has 0 radical (unpaired) electrons. The first-order chi connectivity index (χ1) is 18.9. The van der Waals surface area contributed by atoms with E-state index >= 15 is 0 Å². The summed E-state index contributed by atoms with van der Waals surface area (Å²) in [6.45, 7) is 0.0493. The largest absolute Gasteiger partial charge is 0.480 e. The summed E-state index contributed by atoms with van der Waals surface area (Å²) >= 11 is 0. The van der Waals surface area contributed by atoms with Gasteiger partial charge in [0.15, 0.2) is 5.82 Å². The second kappa shape index (κ2) is 12.5. The molecule has 1 amide bonds. The Bertz CT molecular complexity index is 1190. The second-order valence-corrected chi connectivity index (χ2v) is 11.6. The predicted molar refractivity (Wildman–Crippen MR) is 151 cm³/mol. The van der Waals surface area contributed by atoms with Gasteiger partial charge in [0.2, 0.25) is 5.91 Å². The van der Waals surface area contributed by atoms with Crippen molar-refractivity contribution < 1.29 is 14.7 Å². The number of anilines is 1. The number of hydrogen-bond donors (Lipinski definition) is 3. The number of aliphatic carboxylic acids is 1. The third-order valence-electron chi connectivity index (χ3n) is 8.88. The van der Waals surface area contributed by atoms with E-state index in [-0.39, 0.29) is 43.6 Å². The van der Waals surface area contributed by atoms with E-state index in [0.29, 0.717) is 18.1 Å². The summed E-state index contributed by atoms with van der Waals surface area (Å²) in [6.07, 6.45) is 13.7. The van der Waals surface area contributed by atoms with Gasteiger partial charge in [0.25, 0.3) is 5.56 Å². The molecule has 3 aliphatic rings. The highest BCUT2D eigenvalue weighted by Crippen LogP contribution is 2.44. The molecule has 1 aromatic carbocycles. The number of para-hydroxylation sites is 2. The Morgan fingerprint density at radius 1 is 0.949 bits per heavy atom. The third kappa shape index (κ3) is 6.44. The Balaban J connectivity index is 1.35. The van der Waals surface area contributed by atoms with Crippen LogP contribution in [0.25, 0.3) is 11.0 Å². The Labute approximate surface area is 229 Å². The number of nitrogens with zero attached hydrogens (tertiary/aromatic N) is 4. The van der Waals surface area contributed by atoms with Crippen molar-refractivity contribution in [1.82, 2.24) is 19.4 Å². The van der Waals surface area contributed by atoms with E-state index in [1.54, 1.807) is 0 Å². The van der Waals surface area contributed by atoms with E-state index in [1.165, 1.54) is 62.7 Å². The monoisotopic (exact) mass is 538 g/mol. The van der Waals surface area contributed by atoms with E-state index in [0.717, 1.165) is 23.9 Å². The molecule has 212 valence electrons. The molecule has 0 spiro atoms. The van der Waals surface area contributed by atoms with Gasteiger partial charge in [-0.05, 0) is 50.7 Å². The fourth-order valence-electron chi connectivity index (χ4n) is 7.31. The number of carbonyl (C=O) groups is 2. The van der Waals surface area contributed by atoms with Gasteiger partial charge in [-0.3, -0.25) is 24.2 Å². The van der Waals surface area contributed by atoms with Crippen LogP contribution in [0.5, 0.6) is 0 Å². The molecule has 2 saturated heterocycles. The van der Waals surface area contributed by atoms with E-state index in [9.17, 15) is 14.4 Å². The molecule has 1 saturated carbocycles. The molecule has 3 heterocycles. The third-order valence-corrected chi connectivity index (χ3v) is 8.88. The van der Waals surface area contributed by atoms with Gasteiger partial charge in [0.1, 0.15) is 0 Å². The molecule has 3 fully saturated rings. The summed E-state index contributed by atoms with van der Waals surface area (Å²) in [5.41, 5.74) is 6.75. The van der Waals surface area contributed by atoms with Crippen molar-refractivity contribution in [2.45, 2.75) is 94.8 Å². The molecular formula is C29H42N6O4. The number of aromatic nitrogens is 2. The predicted octanol–water partition coefficient (Wildman–Crippen LogP) is 2.96. The zero-order chi connectivity index (χ0) is 27.4. The summed E-state index contributed by atoms with van der Waals surface area (Å²) in [6, 6.07) is 9.64. The van der Waals surface area contributed by atoms with E-state index < -0.39 is 11.9 Å². The van der Waals surface area contributed by atoms with Crippen LogP contribution < -0.4 is 16.6 Å². The summed E-state index contributed by atoms with van der Waals surface area (Å²) < 4.78 is 1.96. The lowest BCUT2D eigenvalue weighted by atomic mass is 9.89. The molecule has 2 atom stereocenters. The van der Waals surface area contributed by atoms with Crippen molar-refractivity contribution in [3.63, 3.8) is 0 Å². The number of fused-ring (bicyclic) bond motifs is 3. The average Bonchev–Trinajstić information content (AvgIpc) is 3.12. The first kappa shape index (κ1) is 27.6. The normalized spacial score (nSPS) is 24.5. The van der Waals surface area contributed by atoms with Crippen molar-refractivity contribution >= 4 is 28.7 Å². The fraction of sp³-hybridized carbons (Fsp3) is 0.655. The Morgan fingerprint density at radius 2 is 1.62 bits per heavy atom. The van der Waals surface area contributed by atoms with Gasteiger partial charge in [0.05, 0.1) is 24.1 Å². The van der Waals surface area contributed by atoms with Crippen LogP contribution in [-0.4, -0.2) is 80.6 Å². The minimum atomic E-state index is -1.04. The van der Waals surface area contributed by atoms with Gasteiger partial charge in [0, 0.05) is 37.3 Å². The fourth-order valence-corrected chi connectivity index (χ4v) is 7.31. The number of piperidine rings is 1. The smallest absolute Gasteiger partial charge is 0.317 e. The van der Waals surface area contributed by atoms with Crippen LogP contribution in [0.1, 0.15) is 76.7 Å². The van der Waals surface area contributed by atoms with Crippen molar-refractivity contribution in [3.8, 4) is 0 Å². The first-order valence-corrected chi connectivity index (χ1v) is 14.7. The van der Waals surface area contributed by atoms with Crippen molar-refractivity contribution in [1.29, 1.82) is 0 Å². The maximum Gasteiger partial charge on any atom is 0.317 e. The standard InChI is InChI=1S/C29H42N6O4/c30-26(36)18-33(19-27(37)38)15-14-31-28-29(39)35(25-11-7-6-10-24(25)32-28)23-16-21-12-13-22(17-23)34(21)20-8-4-2-1-3-5-9-20/h6-7,10-11,20-23H,1-5,8-9,12-19H2,(H2,30,36)(H,31,32)(H,37,38). The molecule has 1 aliphatic carbocycles. The average molecular weight is 539 g/mol. The number of nitrogens with one attached hydrogen (secondary N) is 1. The Kier molecular flexibility index (Phi) is 8.82. The maximum atomic E-state index is 13.9. The summed E-state index contributed by atoms with van der Waals surface area (Å²) in [7, 11) is 0. The SMILES string of the molecule is NC(=O)CN(CCNc1nc2ccccc2n(C2CC3CCC(C2)N3C2CCCCCCC2)c1=O)CC(=O)O. The number of carbonyl (C=O) groups excluding carboxylic acids is 1. The minimum Gasteiger partial charge on any atom is -0.480 e. The summed E-state index contributed by atoms with van der Waals surface area (Å²) in [5, 5.41) is 12.3. The first-order valence-electron chi connectivity index (χ1n) is 14.7. The molecule has 10 nitrogen and oxygen atoms in total. The lowest BCUT2D eigenvalue weighted by Crippen LogP contribution is -2.50. The lowest BCUT2D eigenvalue weighted by Gasteiger charge is -2.45. The topological polar surface area (TPSA) is 134 Å². The van der Waals surface area contributed by atoms with E-state index in [2.05, 4.69) is 15.2 Å². The van der Waals surface area contributed by atoms with Crippen LogP contribution in [0, 0.1) is 0 Å². The number of nitrogens with two attached hydrogens (primary N) is 1. The molecule has 2 aromatic rings. The van der Waals surface area contributed by atoms with Crippen LogP contribution in [-0.2, 0) is 9.59 Å². The van der Waals surface area contributed by atoms with Crippen LogP contribution in [0.3, 0.4) is 0 Å². The Morgan fingerprint density at radius 3 is 2.28 bits per heavy atom. The van der Waals surface area contributed by atoms with Crippen molar-refractivity contribution in [2.75, 3.05) is 31.5 Å². The zero-order valence-corrected chi connectivity index (χ0v) is 22.8. The molecule has 4 N–H and O–H groups in total. The van der Waals surface area contributed by atoms with Gasteiger partial charge in [-0.15, -0.1) is 0 Å². The molecule has 10 heteroatoms. The van der Waals surface area contributed by atoms with Gasteiger partial charge < -0.3 is 20.7 Å². The minimum absolute atomic E-state index is 0.117. The number of amides is 1. The van der Waals surface area contributed by atoms with Crippen LogP contribution in [0.15, 0.2) is 29.1 Å². The number of benzene rings is 1. The quantitative estimate of drug-likeness (QED) is 0.420. The van der Waals surface area contributed by atoms with Crippen LogP contribution >= 0.6 is 0 Å². The van der Waals surface area contributed by atoms with Gasteiger partial charge >= 0.3 is 5.97 Å². The molecule has 2 aliphatic heterocycles. The van der Waals surface area contributed by atoms with Crippen LogP contribution in [0.2, 0.25) is 0 Å². The number of primary amides is 1. The van der Waals surface area contributed by atoms with E-state index in [1.807, 2.05) is 28.8 Å². The van der Waals surface area contributed by atoms with Crippen molar-refractivity contribution in [3.05, 3.63) is 34.6 Å². The van der Waals surface area contributed by atoms with Crippen LogP contribution in [0.4, 0.5) is 5.82 Å².